The largest absolute Gasteiger partial charge is 0.398 e. The highest BCUT2D eigenvalue weighted by Gasteiger charge is 2.11. The van der Waals surface area contributed by atoms with Gasteiger partial charge >= 0.3 is 0 Å². The number of benzene rings is 4. The van der Waals surface area contributed by atoms with Gasteiger partial charge in [-0.3, -0.25) is 0 Å². The van der Waals surface area contributed by atoms with Crippen LogP contribution in [0.3, 0.4) is 0 Å². The molecule has 2 nitrogen and oxygen atoms in total. The molecule has 4 N–H and O–H groups in total. The predicted octanol–water partition coefficient (Wildman–Crippen LogP) is 3.75. The van der Waals surface area contributed by atoms with Gasteiger partial charge in [0.1, 0.15) is 0 Å². The third-order valence-corrected chi connectivity index (χ3v) is 3.69. The lowest BCUT2D eigenvalue weighted by Gasteiger charge is -2.14. The van der Waals surface area contributed by atoms with E-state index in [9.17, 15) is 0 Å². The second kappa shape index (κ2) is 3.05. The maximum atomic E-state index is 6.15. The lowest BCUT2D eigenvalue weighted by Crippen LogP contribution is -1.93. The van der Waals surface area contributed by atoms with Gasteiger partial charge in [0.15, 0.2) is 0 Å². The van der Waals surface area contributed by atoms with Crippen molar-refractivity contribution in [3.8, 4) is 0 Å². The molecule has 86 valence electrons. The summed E-state index contributed by atoms with van der Waals surface area (Å²) in [6.07, 6.45) is 0. The van der Waals surface area contributed by atoms with E-state index in [1.165, 1.54) is 10.8 Å². The molecule has 0 radical (unpaired) electrons. The van der Waals surface area contributed by atoms with Crippen LogP contribution in [0, 0.1) is 0 Å². The third kappa shape index (κ3) is 1.02. The van der Waals surface area contributed by atoms with Crippen LogP contribution in [0.2, 0.25) is 0 Å². The molecule has 0 fully saturated rings. The van der Waals surface area contributed by atoms with Crippen molar-refractivity contribution in [3.63, 3.8) is 0 Å². The lowest BCUT2D eigenvalue weighted by molar-refractivity contribution is 1.75. The standard InChI is InChI=1S/C16H12N2/c17-13-8-10-4-2-6-12-14(18)7-9-3-1-5-11(13)15(9)16(10)12/h1-8H,17-18H2. The minimum absolute atomic E-state index is 0.824. The summed E-state index contributed by atoms with van der Waals surface area (Å²) in [6, 6.07) is 16.4. The van der Waals surface area contributed by atoms with Crippen molar-refractivity contribution in [2.45, 2.75) is 0 Å². The first-order valence-corrected chi connectivity index (χ1v) is 5.97. The molecule has 2 heteroatoms. The van der Waals surface area contributed by atoms with Gasteiger partial charge in [0.05, 0.1) is 0 Å². The van der Waals surface area contributed by atoms with E-state index in [2.05, 4.69) is 24.3 Å². The van der Waals surface area contributed by atoms with E-state index in [0.29, 0.717) is 0 Å². The fraction of sp³-hybridized carbons (Fsp3) is 0. The Labute approximate surface area is 104 Å². The van der Waals surface area contributed by atoms with Crippen molar-refractivity contribution in [1.29, 1.82) is 0 Å². The van der Waals surface area contributed by atoms with Crippen LogP contribution in [0.4, 0.5) is 11.4 Å². The molecule has 0 aliphatic rings. The fourth-order valence-corrected chi connectivity index (χ4v) is 2.91. The van der Waals surface area contributed by atoms with E-state index in [-0.39, 0.29) is 0 Å². The molecule has 0 atom stereocenters. The van der Waals surface area contributed by atoms with Crippen molar-refractivity contribution >= 4 is 43.7 Å². The SMILES string of the molecule is Nc1cc2cccc3c(N)cc4cccc1c4c23. The molecule has 0 aliphatic carbocycles. The zero-order chi connectivity index (χ0) is 12.3. The van der Waals surface area contributed by atoms with E-state index in [0.717, 1.165) is 32.9 Å². The second-order valence-corrected chi connectivity index (χ2v) is 4.74. The molecule has 0 aromatic heterocycles. The van der Waals surface area contributed by atoms with Crippen LogP contribution in [0.15, 0.2) is 48.5 Å². The Morgan fingerprint density at radius 2 is 1.06 bits per heavy atom. The molecule has 4 aromatic carbocycles. The highest BCUT2D eigenvalue weighted by molar-refractivity contribution is 6.28. The van der Waals surface area contributed by atoms with E-state index in [1.54, 1.807) is 0 Å². The molecular weight excluding hydrogens is 220 g/mol. The number of anilines is 2. The van der Waals surface area contributed by atoms with E-state index >= 15 is 0 Å². The summed E-state index contributed by atoms with van der Waals surface area (Å²) < 4.78 is 0. The Bertz CT molecular complexity index is 818. The highest BCUT2D eigenvalue weighted by Crippen LogP contribution is 2.39. The maximum absolute atomic E-state index is 6.15. The van der Waals surface area contributed by atoms with Crippen molar-refractivity contribution in [1.82, 2.24) is 0 Å². The molecule has 0 amide bonds. The Balaban J connectivity index is 2.50. The summed E-state index contributed by atoms with van der Waals surface area (Å²) in [6.45, 7) is 0. The normalized spacial score (nSPS) is 11.8. The van der Waals surface area contributed by atoms with Gasteiger partial charge in [-0.2, -0.15) is 0 Å². The van der Waals surface area contributed by atoms with E-state index < -0.39 is 0 Å². The average Bonchev–Trinajstić information content (AvgIpc) is 2.38. The summed E-state index contributed by atoms with van der Waals surface area (Å²) >= 11 is 0. The number of nitrogen functional groups attached to an aromatic ring is 2. The number of nitrogens with two attached hydrogens (primary N) is 2. The molecule has 18 heavy (non-hydrogen) atoms. The van der Waals surface area contributed by atoms with Gasteiger partial charge in [0.2, 0.25) is 0 Å². The molecule has 4 rings (SSSR count). The Kier molecular flexibility index (Phi) is 1.61. The first-order chi connectivity index (χ1) is 8.75. The van der Waals surface area contributed by atoms with Crippen LogP contribution < -0.4 is 11.5 Å². The van der Waals surface area contributed by atoms with Crippen molar-refractivity contribution in [2.24, 2.45) is 0 Å². The summed E-state index contributed by atoms with van der Waals surface area (Å²) in [4.78, 5) is 0. The molecule has 0 bridgehead atoms. The van der Waals surface area contributed by atoms with Crippen LogP contribution >= 0.6 is 0 Å². The van der Waals surface area contributed by atoms with Crippen LogP contribution in [-0.4, -0.2) is 0 Å². The fourth-order valence-electron chi connectivity index (χ4n) is 2.91. The predicted molar refractivity (Wildman–Crippen MR) is 79.0 cm³/mol. The maximum Gasteiger partial charge on any atom is 0.0400 e. The molecule has 0 spiro atoms. The Morgan fingerprint density at radius 1 is 0.611 bits per heavy atom. The lowest BCUT2D eigenvalue weighted by atomic mass is 9.92. The van der Waals surface area contributed by atoms with Gasteiger partial charge < -0.3 is 11.5 Å². The van der Waals surface area contributed by atoms with Crippen molar-refractivity contribution < 1.29 is 0 Å². The average molecular weight is 232 g/mol. The number of hydrogen-bond donors (Lipinski definition) is 2. The zero-order valence-corrected chi connectivity index (χ0v) is 9.77. The number of rotatable bonds is 0. The van der Waals surface area contributed by atoms with Gasteiger partial charge in [-0.25, -0.2) is 0 Å². The van der Waals surface area contributed by atoms with Crippen LogP contribution in [0.5, 0.6) is 0 Å². The monoisotopic (exact) mass is 232 g/mol. The van der Waals surface area contributed by atoms with Gasteiger partial charge in [0.25, 0.3) is 0 Å². The minimum Gasteiger partial charge on any atom is -0.398 e. The van der Waals surface area contributed by atoms with Crippen molar-refractivity contribution in [2.75, 3.05) is 11.5 Å². The first kappa shape index (κ1) is 9.54. The molecule has 0 heterocycles. The first-order valence-electron chi connectivity index (χ1n) is 5.97. The molecule has 0 aliphatic heterocycles. The van der Waals surface area contributed by atoms with Crippen LogP contribution in [0.25, 0.3) is 32.3 Å². The van der Waals surface area contributed by atoms with Gasteiger partial charge in [-0.1, -0.05) is 36.4 Å². The smallest absolute Gasteiger partial charge is 0.0400 e. The topological polar surface area (TPSA) is 52.0 Å². The quantitative estimate of drug-likeness (QED) is 0.358. The number of hydrogen-bond acceptors (Lipinski definition) is 2. The Morgan fingerprint density at radius 3 is 1.50 bits per heavy atom. The molecule has 4 aromatic rings. The summed E-state index contributed by atoms with van der Waals surface area (Å²) in [5.74, 6) is 0. The molecule has 0 unspecified atom stereocenters. The minimum atomic E-state index is 0.824. The van der Waals surface area contributed by atoms with E-state index in [4.69, 9.17) is 11.5 Å². The second-order valence-electron chi connectivity index (χ2n) is 4.74. The third-order valence-electron chi connectivity index (χ3n) is 3.69. The van der Waals surface area contributed by atoms with Crippen LogP contribution in [0.1, 0.15) is 0 Å². The van der Waals surface area contributed by atoms with E-state index in [1.807, 2.05) is 24.3 Å². The molecular formula is C16H12N2. The molecule has 0 saturated heterocycles. The Hall–Kier alpha value is -2.48. The van der Waals surface area contributed by atoms with Gasteiger partial charge in [-0.15, -0.1) is 0 Å². The zero-order valence-electron chi connectivity index (χ0n) is 9.77. The van der Waals surface area contributed by atoms with Gasteiger partial charge in [0, 0.05) is 22.1 Å². The molecule has 0 saturated carbocycles. The van der Waals surface area contributed by atoms with Crippen LogP contribution in [-0.2, 0) is 0 Å². The summed E-state index contributed by atoms with van der Waals surface area (Å²) in [5.41, 5.74) is 13.9. The summed E-state index contributed by atoms with van der Waals surface area (Å²) in [7, 11) is 0. The highest BCUT2D eigenvalue weighted by atomic mass is 14.6. The summed E-state index contributed by atoms with van der Waals surface area (Å²) in [5, 5.41) is 6.96. The van der Waals surface area contributed by atoms with Crippen molar-refractivity contribution in [3.05, 3.63) is 48.5 Å². The van der Waals surface area contributed by atoms with Gasteiger partial charge in [-0.05, 0) is 33.7 Å².